The molecular formula is C17H20N2. The predicted octanol–water partition coefficient (Wildman–Crippen LogP) is 3.95. The van der Waals surface area contributed by atoms with Gasteiger partial charge in [0.2, 0.25) is 0 Å². The smallest absolute Gasteiger partial charge is 0.0860 e. The summed E-state index contributed by atoms with van der Waals surface area (Å²) in [7, 11) is 1.92. The molecule has 2 aromatic rings. The lowest BCUT2D eigenvalue weighted by Crippen LogP contribution is -2.06. The van der Waals surface area contributed by atoms with E-state index in [1.165, 1.54) is 22.3 Å². The first-order valence-electron chi connectivity index (χ1n) is 6.54. The Labute approximate surface area is 115 Å². The van der Waals surface area contributed by atoms with E-state index in [1.54, 1.807) is 0 Å². The maximum Gasteiger partial charge on any atom is 0.0860 e. The molecule has 0 amide bonds. The Balaban J connectivity index is 2.49. The standard InChI is InChI=1S/C17H20N2/c1-5-16(18-4)17-10-13(3)15(11-19-17)14-9-7-6-8-12(14)2/h5-11,18H,1-4H3/b16-5-. The molecule has 2 rings (SSSR count). The minimum Gasteiger partial charge on any atom is -0.387 e. The summed E-state index contributed by atoms with van der Waals surface area (Å²) >= 11 is 0. The number of nitrogens with one attached hydrogen (secondary N) is 1. The average molecular weight is 252 g/mol. The zero-order valence-corrected chi connectivity index (χ0v) is 12.0. The highest BCUT2D eigenvalue weighted by atomic mass is 14.9. The highest BCUT2D eigenvalue weighted by molar-refractivity contribution is 5.72. The van der Waals surface area contributed by atoms with Gasteiger partial charge in [-0.15, -0.1) is 0 Å². The zero-order valence-electron chi connectivity index (χ0n) is 12.0. The lowest BCUT2D eigenvalue weighted by molar-refractivity contribution is 1.08. The van der Waals surface area contributed by atoms with Crippen LogP contribution in [0.3, 0.4) is 0 Å². The second-order valence-corrected chi connectivity index (χ2v) is 4.65. The fraction of sp³-hybridized carbons (Fsp3) is 0.235. The van der Waals surface area contributed by atoms with Crippen molar-refractivity contribution in [3.8, 4) is 11.1 Å². The second-order valence-electron chi connectivity index (χ2n) is 4.65. The summed E-state index contributed by atoms with van der Waals surface area (Å²) in [5.41, 5.74) is 7.02. The first-order chi connectivity index (χ1) is 9.17. The highest BCUT2D eigenvalue weighted by Crippen LogP contribution is 2.26. The van der Waals surface area contributed by atoms with E-state index in [2.05, 4.69) is 54.5 Å². The van der Waals surface area contributed by atoms with Crippen LogP contribution in [0.2, 0.25) is 0 Å². The van der Waals surface area contributed by atoms with Gasteiger partial charge in [-0.1, -0.05) is 30.3 Å². The molecule has 0 saturated carbocycles. The van der Waals surface area contributed by atoms with Crippen molar-refractivity contribution < 1.29 is 0 Å². The molecule has 0 spiro atoms. The molecule has 0 fully saturated rings. The Morgan fingerprint density at radius 2 is 1.84 bits per heavy atom. The van der Waals surface area contributed by atoms with E-state index in [-0.39, 0.29) is 0 Å². The molecule has 98 valence electrons. The summed E-state index contributed by atoms with van der Waals surface area (Å²) in [6.07, 6.45) is 4.00. The molecular weight excluding hydrogens is 232 g/mol. The van der Waals surface area contributed by atoms with Gasteiger partial charge in [-0.05, 0) is 43.5 Å². The van der Waals surface area contributed by atoms with E-state index in [1.807, 2.05) is 26.2 Å². The Morgan fingerprint density at radius 1 is 1.11 bits per heavy atom. The number of aryl methyl sites for hydroxylation is 2. The van der Waals surface area contributed by atoms with Crippen molar-refractivity contribution in [3.05, 3.63) is 59.4 Å². The van der Waals surface area contributed by atoms with Crippen LogP contribution in [0.25, 0.3) is 16.8 Å². The van der Waals surface area contributed by atoms with E-state index in [9.17, 15) is 0 Å². The van der Waals surface area contributed by atoms with Crippen molar-refractivity contribution in [2.45, 2.75) is 20.8 Å². The molecule has 0 saturated heterocycles. The lowest BCUT2D eigenvalue weighted by Gasteiger charge is -2.12. The van der Waals surface area contributed by atoms with E-state index in [0.717, 1.165) is 11.4 Å². The lowest BCUT2D eigenvalue weighted by atomic mass is 9.98. The topological polar surface area (TPSA) is 24.9 Å². The molecule has 0 bridgehead atoms. The third-order valence-corrected chi connectivity index (χ3v) is 3.38. The molecule has 1 heterocycles. The Morgan fingerprint density at radius 3 is 2.42 bits per heavy atom. The molecule has 1 N–H and O–H groups in total. The fourth-order valence-electron chi connectivity index (χ4n) is 2.28. The van der Waals surface area contributed by atoms with Gasteiger partial charge in [-0.3, -0.25) is 4.98 Å². The van der Waals surface area contributed by atoms with Gasteiger partial charge >= 0.3 is 0 Å². The summed E-state index contributed by atoms with van der Waals surface area (Å²) in [5, 5.41) is 3.16. The van der Waals surface area contributed by atoms with Crippen molar-refractivity contribution in [2.24, 2.45) is 0 Å². The number of nitrogens with zero attached hydrogens (tertiary/aromatic N) is 1. The molecule has 2 nitrogen and oxygen atoms in total. The summed E-state index contributed by atoms with van der Waals surface area (Å²) in [5.74, 6) is 0. The van der Waals surface area contributed by atoms with Crippen molar-refractivity contribution in [3.63, 3.8) is 0 Å². The van der Waals surface area contributed by atoms with Gasteiger partial charge < -0.3 is 5.32 Å². The van der Waals surface area contributed by atoms with Gasteiger partial charge in [0.05, 0.1) is 11.4 Å². The summed E-state index contributed by atoms with van der Waals surface area (Å²) < 4.78 is 0. The van der Waals surface area contributed by atoms with E-state index in [0.29, 0.717) is 0 Å². The quantitative estimate of drug-likeness (QED) is 0.894. The largest absolute Gasteiger partial charge is 0.387 e. The van der Waals surface area contributed by atoms with Crippen molar-refractivity contribution >= 4 is 5.70 Å². The van der Waals surface area contributed by atoms with Crippen molar-refractivity contribution in [1.82, 2.24) is 10.3 Å². The number of rotatable bonds is 3. The summed E-state index contributed by atoms with van der Waals surface area (Å²) in [6, 6.07) is 10.5. The SMILES string of the molecule is C/C=C(\NC)c1cc(C)c(-c2ccccc2C)cn1. The van der Waals surface area contributed by atoms with E-state index >= 15 is 0 Å². The molecule has 19 heavy (non-hydrogen) atoms. The zero-order chi connectivity index (χ0) is 13.8. The van der Waals surface area contributed by atoms with Crippen LogP contribution in [-0.4, -0.2) is 12.0 Å². The third-order valence-electron chi connectivity index (χ3n) is 3.38. The predicted molar refractivity (Wildman–Crippen MR) is 81.9 cm³/mol. The summed E-state index contributed by atoms with van der Waals surface area (Å²) in [4.78, 5) is 4.57. The fourth-order valence-corrected chi connectivity index (χ4v) is 2.28. The van der Waals surface area contributed by atoms with Crippen LogP contribution >= 0.6 is 0 Å². The molecule has 0 aliphatic heterocycles. The van der Waals surface area contributed by atoms with Gasteiger partial charge in [0.25, 0.3) is 0 Å². The minimum atomic E-state index is 0.986. The molecule has 1 aromatic heterocycles. The van der Waals surface area contributed by atoms with Crippen LogP contribution in [0.5, 0.6) is 0 Å². The Bertz CT molecular complexity index is 612. The van der Waals surface area contributed by atoms with Gasteiger partial charge in [0, 0.05) is 18.8 Å². The highest BCUT2D eigenvalue weighted by Gasteiger charge is 2.07. The average Bonchev–Trinajstić information content (AvgIpc) is 2.41. The van der Waals surface area contributed by atoms with Crippen LogP contribution in [-0.2, 0) is 0 Å². The van der Waals surface area contributed by atoms with Crippen LogP contribution in [0.1, 0.15) is 23.7 Å². The van der Waals surface area contributed by atoms with Crippen LogP contribution < -0.4 is 5.32 Å². The van der Waals surface area contributed by atoms with Gasteiger partial charge in [-0.2, -0.15) is 0 Å². The number of benzene rings is 1. The van der Waals surface area contributed by atoms with Gasteiger partial charge in [0.1, 0.15) is 0 Å². The molecule has 2 heteroatoms. The number of hydrogen-bond donors (Lipinski definition) is 1. The second kappa shape index (κ2) is 5.70. The molecule has 0 atom stereocenters. The number of hydrogen-bond acceptors (Lipinski definition) is 2. The molecule has 0 aliphatic rings. The number of aromatic nitrogens is 1. The maximum absolute atomic E-state index is 4.57. The Kier molecular flexibility index (Phi) is 4.00. The molecule has 1 aromatic carbocycles. The maximum atomic E-state index is 4.57. The van der Waals surface area contributed by atoms with E-state index < -0.39 is 0 Å². The van der Waals surface area contributed by atoms with Crippen molar-refractivity contribution in [2.75, 3.05) is 7.05 Å². The molecule has 0 radical (unpaired) electrons. The Hall–Kier alpha value is -2.09. The summed E-state index contributed by atoms with van der Waals surface area (Å²) in [6.45, 7) is 6.28. The van der Waals surface area contributed by atoms with Crippen LogP contribution in [0.15, 0.2) is 42.6 Å². The third kappa shape index (κ3) is 2.68. The van der Waals surface area contributed by atoms with Crippen molar-refractivity contribution in [1.29, 1.82) is 0 Å². The monoisotopic (exact) mass is 252 g/mol. The van der Waals surface area contributed by atoms with Crippen LogP contribution in [0.4, 0.5) is 0 Å². The van der Waals surface area contributed by atoms with Crippen LogP contribution in [0, 0.1) is 13.8 Å². The first-order valence-corrected chi connectivity index (χ1v) is 6.54. The minimum absolute atomic E-state index is 0.986. The van der Waals surface area contributed by atoms with E-state index in [4.69, 9.17) is 0 Å². The normalized spacial score (nSPS) is 11.5. The molecule has 0 unspecified atom stereocenters. The van der Waals surface area contributed by atoms with Gasteiger partial charge in [0.15, 0.2) is 0 Å². The number of pyridine rings is 1. The molecule has 0 aliphatic carbocycles. The number of allylic oxidation sites excluding steroid dienone is 1. The van der Waals surface area contributed by atoms with Gasteiger partial charge in [-0.25, -0.2) is 0 Å². The first kappa shape index (κ1) is 13.3.